The molecule has 12 heteroatoms. The van der Waals surface area contributed by atoms with Gasteiger partial charge in [0.05, 0.1) is 19.0 Å². The van der Waals surface area contributed by atoms with E-state index in [0.29, 0.717) is 11.2 Å². The third kappa shape index (κ3) is 5.95. The summed E-state index contributed by atoms with van der Waals surface area (Å²) in [6, 6.07) is 0. The first-order valence-corrected chi connectivity index (χ1v) is 9.57. The zero-order chi connectivity index (χ0) is 19.3. The minimum Gasteiger partial charge on any atom is -0.364 e. The molecule has 0 unspecified atom stereocenters. The molecule has 0 spiro atoms. The van der Waals surface area contributed by atoms with Crippen molar-refractivity contribution in [2.24, 2.45) is 0 Å². The van der Waals surface area contributed by atoms with Gasteiger partial charge in [0, 0.05) is 12.8 Å². The molecular formula is C14H20N5O6P. The van der Waals surface area contributed by atoms with E-state index in [4.69, 9.17) is 14.5 Å². The van der Waals surface area contributed by atoms with Crippen LogP contribution in [0.2, 0.25) is 0 Å². The lowest BCUT2D eigenvalue weighted by Gasteiger charge is -2.14. The molecule has 2 heterocycles. The molecule has 1 atom stereocenters. The lowest BCUT2D eigenvalue weighted by Crippen LogP contribution is -2.17. The first kappa shape index (κ1) is 20.1. The average Bonchev–Trinajstić information content (AvgIpc) is 2.94. The molecule has 2 aromatic rings. The van der Waals surface area contributed by atoms with E-state index in [1.807, 2.05) is 0 Å². The summed E-state index contributed by atoms with van der Waals surface area (Å²) in [4.78, 5) is 52.8. The average molecular weight is 385 g/mol. The van der Waals surface area contributed by atoms with Crippen molar-refractivity contribution < 1.29 is 28.7 Å². The van der Waals surface area contributed by atoms with Gasteiger partial charge in [-0.3, -0.25) is 9.36 Å². The lowest BCUT2D eigenvalue weighted by atomic mass is 10.2. The van der Waals surface area contributed by atoms with Crippen LogP contribution in [-0.4, -0.2) is 53.4 Å². The zero-order valence-corrected chi connectivity index (χ0v) is 15.2. The summed E-state index contributed by atoms with van der Waals surface area (Å²) >= 11 is 0. The van der Waals surface area contributed by atoms with Crippen molar-refractivity contribution in [1.29, 1.82) is 0 Å². The summed E-state index contributed by atoms with van der Waals surface area (Å²) < 4.78 is 17.6. The highest BCUT2D eigenvalue weighted by Crippen LogP contribution is 2.34. The van der Waals surface area contributed by atoms with Gasteiger partial charge in [0.15, 0.2) is 17.0 Å². The minimum atomic E-state index is -4.24. The maximum Gasteiger partial charge on any atom is 0.350 e. The SMILES string of the molecule is CC(=O)CCC(=O)Nc1ncnc2c1ncn2C[C@@H](C)OCP(=O)(O)O. The molecule has 3 N–H and O–H groups in total. The maximum absolute atomic E-state index is 11.9. The highest BCUT2D eigenvalue weighted by molar-refractivity contribution is 7.51. The van der Waals surface area contributed by atoms with E-state index >= 15 is 0 Å². The smallest absolute Gasteiger partial charge is 0.350 e. The summed E-state index contributed by atoms with van der Waals surface area (Å²) in [5.74, 6) is -0.208. The molecule has 0 aliphatic heterocycles. The van der Waals surface area contributed by atoms with Crippen molar-refractivity contribution in [2.75, 3.05) is 11.7 Å². The van der Waals surface area contributed by atoms with Crippen LogP contribution < -0.4 is 5.32 Å². The number of carbonyl (C=O) groups is 2. The van der Waals surface area contributed by atoms with Crippen molar-refractivity contribution >= 4 is 36.3 Å². The number of rotatable bonds is 9. The number of aromatic nitrogens is 4. The molecule has 142 valence electrons. The fourth-order valence-electron chi connectivity index (χ4n) is 2.14. The first-order valence-electron chi connectivity index (χ1n) is 7.77. The van der Waals surface area contributed by atoms with Crippen molar-refractivity contribution in [2.45, 2.75) is 39.3 Å². The number of anilines is 1. The second-order valence-corrected chi connectivity index (χ2v) is 7.40. The zero-order valence-electron chi connectivity index (χ0n) is 14.3. The van der Waals surface area contributed by atoms with Gasteiger partial charge in [0.1, 0.15) is 18.5 Å². The number of nitrogens with one attached hydrogen (secondary N) is 1. The Bertz CT molecular complexity index is 847. The van der Waals surface area contributed by atoms with Crippen LogP contribution in [0.5, 0.6) is 0 Å². The second-order valence-electron chi connectivity index (χ2n) is 5.81. The van der Waals surface area contributed by atoms with Crippen LogP contribution in [0.3, 0.4) is 0 Å². The number of Topliss-reactive ketones (excluding diaryl/α,β-unsaturated/α-hetero) is 1. The number of ether oxygens (including phenoxy) is 1. The van der Waals surface area contributed by atoms with Crippen LogP contribution in [0.4, 0.5) is 5.82 Å². The van der Waals surface area contributed by atoms with Crippen LogP contribution in [0.25, 0.3) is 11.2 Å². The molecule has 2 aromatic heterocycles. The normalized spacial score (nSPS) is 12.9. The number of hydrogen-bond donors (Lipinski definition) is 3. The summed E-state index contributed by atoms with van der Waals surface area (Å²) in [6.07, 6.45) is 1.76. The number of ketones is 1. The number of amides is 1. The van der Waals surface area contributed by atoms with E-state index in [-0.39, 0.29) is 36.9 Å². The Labute approximate surface area is 149 Å². The Morgan fingerprint density at radius 1 is 1.31 bits per heavy atom. The molecule has 26 heavy (non-hydrogen) atoms. The summed E-state index contributed by atoms with van der Waals surface area (Å²) in [6.45, 7) is 3.33. The topological polar surface area (TPSA) is 157 Å². The van der Waals surface area contributed by atoms with Gasteiger partial charge in [-0.1, -0.05) is 0 Å². The number of carbonyl (C=O) groups excluding carboxylic acids is 2. The van der Waals surface area contributed by atoms with Crippen LogP contribution in [-0.2, 0) is 25.4 Å². The van der Waals surface area contributed by atoms with Gasteiger partial charge in [-0.05, 0) is 13.8 Å². The van der Waals surface area contributed by atoms with Gasteiger partial charge in [-0.25, -0.2) is 15.0 Å². The Morgan fingerprint density at radius 3 is 2.69 bits per heavy atom. The van der Waals surface area contributed by atoms with Crippen LogP contribution in [0.1, 0.15) is 26.7 Å². The van der Waals surface area contributed by atoms with Gasteiger partial charge in [-0.2, -0.15) is 0 Å². The quantitative estimate of drug-likeness (QED) is 0.528. The summed E-state index contributed by atoms with van der Waals surface area (Å²) in [5, 5.41) is 2.60. The number of imidazole rings is 1. The first-order chi connectivity index (χ1) is 12.2. The van der Waals surface area contributed by atoms with E-state index in [2.05, 4.69) is 20.3 Å². The molecule has 2 rings (SSSR count). The van der Waals surface area contributed by atoms with Crippen LogP contribution >= 0.6 is 7.60 Å². The fourth-order valence-corrected chi connectivity index (χ4v) is 2.59. The Morgan fingerprint density at radius 2 is 2.04 bits per heavy atom. The maximum atomic E-state index is 11.9. The molecule has 0 aliphatic carbocycles. The molecule has 0 aliphatic rings. The number of fused-ring (bicyclic) bond motifs is 1. The lowest BCUT2D eigenvalue weighted by molar-refractivity contribution is -0.121. The van der Waals surface area contributed by atoms with Gasteiger partial charge in [0.2, 0.25) is 5.91 Å². The van der Waals surface area contributed by atoms with E-state index in [1.165, 1.54) is 19.6 Å². The highest BCUT2D eigenvalue weighted by atomic mass is 31.2. The molecule has 0 radical (unpaired) electrons. The minimum absolute atomic E-state index is 0.0504. The Hall–Kier alpha value is -2.20. The number of nitrogens with zero attached hydrogens (tertiary/aromatic N) is 4. The highest BCUT2D eigenvalue weighted by Gasteiger charge is 2.18. The fraction of sp³-hybridized carbons (Fsp3) is 0.500. The van der Waals surface area contributed by atoms with Gasteiger partial charge < -0.3 is 29.2 Å². The molecule has 1 amide bonds. The predicted octanol–water partition coefficient (Wildman–Crippen LogP) is 0.674. The van der Waals surface area contributed by atoms with E-state index in [0.717, 1.165) is 0 Å². The molecule has 0 fully saturated rings. The van der Waals surface area contributed by atoms with Gasteiger partial charge >= 0.3 is 7.60 Å². The second kappa shape index (κ2) is 8.45. The molecule has 0 aromatic carbocycles. The van der Waals surface area contributed by atoms with Crippen molar-refractivity contribution in [3.63, 3.8) is 0 Å². The molecule has 0 saturated heterocycles. The standard InChI is InChI=1S/C14H20N5O6P/c1-9(20)3-4-11(21)18-13-12-14(16-6-15-13)19(7-17-12)5-10(2)25-8-26(22,23)24/h6-7,10H,3-5,8H2,1-2H3,(H2,22,23,24)(H,15,16,18,21)/t10-/m1/s1. The van der Waals surface area contributed by atoms with Crippen molar-refractivity contribution in [3.05, 3.63) is 12.7 Å². The predicted molar refractivity (Wildman–Crippen MR) is 91.3 cm³/mol. The van der Waals surface area contributed by atoms with E-state index < -0.39 is 20.0 Å². The van der Waals surface area contributed by atoms with Crippen molar-refractivity contribution in [3.8, 4) is 0 Å². The Kier molecular flexibility index (Phi) is 6.54. The van der Waals surface area contributed by atoms with Crippen molar-refractivity contribution in [1.82, 2.24) is 19.5 Å². The largest absolute Gasteiger partial charge is 0.364 e. The van der Waals surface area contributed by atoms with E-state index in [9.17, 15) is 14.2 Å². The number of hydrogen-bond acceptors (Lipinski definition) is 7. The van der Waals surface area contributed by atoms with Gasteiger partial charge in [-0.15, -0.1) is 0 Å². The summed E-state index contributed by atoms with van der Waals surface area (Å²) in [7, 11) is -4.24. The monoisotopic (exact) mass is 385 g/mol. The molecule has 0 saturated carbocycles. The Balaban J connectivity index is 2.09. The van der Waals surface area contributed by atoms with Crippen LogP contribution in [0.15, 0.2) is 12.7 Å². The molecular weight excluding hydrogens is 365 g/mol. The van der Waals surface area contributed by atoms with Gasteiger partial charge in [0.25, 0.3) is 0 Å². The third-order valence-electron chi connectivity index (χ3n) is 3.34. The summed E-state index contributed by atoms with van der Waals surface area (Å²) in [5.41, 5.74) is 0.805. The van der Waals surface area contributed by atoms with E-state index in [1.54, 1.807) is 11.5 Å². The third-order valence-corrected chi connectivity index (χ3v) is 3.83. The molecule has 11 nitrogen and oxygen atoms in total. The van der Waals surface area contributed by atoms with Crippen LogP contribution in [0, 0.1) is 0 Å². The molecule has 0 bridgehead atoms.